The van der Waals surface area contributed by atoms with Gasteiger partial charge >= 0.3 is 0 Å². The van der Waals surface area contributed by atoms with Gasteiger partial charge in [-0.15, -0.1) is 0 Å². The molecule has 18 heavy (non-hydrogen) atoms. The molecule has 0 aromatic carbocycles. The maximum atomic E-state index is 5.77. The highest BCUT2D eigenvalue weighted by molar-refractivity contribution is 5.14. The number of nitrogens with zero attached hydrogens (tertiary/aromatic N) is 2. The van der Waals surface area contributed by atoms with Crippen molar-refractivity contribution in [1.29, 1.82) is 0 Å². The number of aryl methyl sites for hydroxylation is 2. The Morgan fingerprint density at radius 2 is 2.00 bits per heavy atom. The molecule has 4 nitrogen and oxygen atoms in total. The second-order valence-corrected chi connectivity index (χ2v) is 5.41. The van der Waals surface area contributed by atoms with Crippen LogP contribution in [0, 0.1) is 6.92 Å². The molecule has 1 aliphatic carbocycles. The maximum absolute atomic E-state index is 5.77. The van der Waals surface area contributed by atoms with Crippen molar-refractivity contribution in [3.05, 3.63) is 17.5 Å². The van der Waals surface area contributed by atoms with Crippen LogP contribution in [0.3, 0.4) is 0 Å². The predicted molar refractivity (Wildman–Crippen MR) is 68.5 cm³/mol. The lowest BCUT2D eigenvalue weighted by Gasteiger charge is -2.34. The minimum absolute atomic E-state index is 0.251. The molecule has 0 radical (unpaired) electrons. The van der Waals surface area contributed by atoms with Gasteiger partial charge in [0.05, 0.1) is 18.9 Å². The summed E-state index contributed by atoms with van der Waals surface area (Å²) in [6.07, 6.45) is 4.27. The molecule has 100 valence electrons. The molecule has 3 rings (SSSR count). The first-order valence-corrected chi connectivity index (χ1v) is 7.05. The first-order chi connectivity index (χ1) is 8.72. The van der Waals surface area contributed by atoms with E-state index < -0.39 is 0 Å². The van der Waals surface area contributed by atoms with Crippen molar-refractivity contribution in [3.63, 3.8) is 0 Å². The highest BCUT2D eigenvalue weighted by atomic mass is 16.7. The molecule has 1 saturated heterocycles. The molecule has 2 fully saturated rings. The summed E-state index contributed by atoms with van der Waals surface area (Å²) in [6, 6.07) is 2.24. The molecular weight excluding hydrogens is 228 g/mol. The van der Waals surface area contributed by atoms with Crippen LogP contribution in [0.5, 0.6) is 0 Å². The van der Waals surface area contributed by atoms with E-state index in [9.17, 15) is 0 Å². The minimum Gasteiger partial charge on any atom is -0.348 e. The average Bonchev–Trinajstić information content (AvgIpc) is 2.98. The third-order valence-corrected chi connectivity index (χ3v) is 4.28. The summed E-state index contributed by atoms with van der Waals surface area (Å²) in [4.78, 5) is 0. The largest absolute Gasteiger partial charge is 0.348 e. The van der Waals surface area contributed by atoms with Crippen LogP contribution in [-0.4, -0.2) is 28.8 Å². The Hall–Kier alpha value is -0.870. The quantitative estimate of drug-likeness (QED) is 0.809. The van der Waals surface area contributed by atoms with Gasteiger partial charge in [0.15, 0.2) is 5.79 Å². The fraction of sp³-hybridized carbons (Fsp3) is 0.786. The zero-order chi connectivity index (χ0) is 12.6. The standard InChI is InChI=1S/C14H22N2O2/c1-3-16-11(2)10-13(15-16)12-4-6-14(7-5-12)17-8-9-18-14/h10,12H,3-9H2,1-2H3. The van der Waals surface area contributed by atoms with E-state index in [1.54, 1.807) is 0 Å². The van der Waals surface area contributed by atoms with E-state index in [0.29, 0.717) is 5.92 Å². The Kier molecular flexibility index (Phi) is 3.16. The summed E-state index contributed by atoms with van der Waals surface area (Å²) in [5, 5.41) is 4.70. The van der Waals surface area contributed by atoms with Crippen LogP contribution in [-0.2, 0) is 16.0 Å². The molecular formula is C14H22N2O2. The van der Waals surface area contributed by atoms with Crippen LogP contribution < -0.4 is 0 Å². The molecule has 1 aliphatic heterocycles. The first-order valence-electron chi connectivity index (χ1n) is 7.05. The molecule has 1 aromatic heterocycles. The third-order valence-electron chi connectivity index (χ3n) is 4.28. The van der Waals surface area contributed by atoms with E-state index in [1.807, 2.05) is 0 Å². The van der Waals surface area contributed by atoms with Crippen LogP contribution in [0.25, 0.3) is 0 Å². The molecule has 4 heteroatoms. The summed E-state index contributed by atoms with van der Waals surface area (Å²) < 4.78 is 13.6. The number of rotatable bonds is 2. The molecule has 2 heterocycles. The highest BCUT2D eigenvalue weighted by Gasteiger charge is 2.41. The lowest BCUT2D eigenvalue weighted by Crippen LogP contribution is -2.34. The molecule has 1 spiro atoms. The van der Waals surface area contributed by atoms with Gasteiger partial charge in [-0.25, -0.2) is 0 Å². The van der Waals surface area contributed by atoms with Gasteiger partial charge in [-0.2, -0.15) is 5.10 Å². The summed E-state index contributed by atoms with van der Waals surface area (Å²) in [5.74, 6) is 0.328. The SMILES string of the molecule is CCn1nc(C2CCC3(CC2)OCCO3)cc1C. The zero-order valence-electron chi connectivity index (χ0n) is 11.3. The molecule has 1 aromatic rings. The molecule has 1 saturated carbocycles. The highest BCUT2D eigenvalue weighted by Crippen LogP contribution is 2.41. The van der Waals surface area contributed by atoms with E-state index in [0.717, 1.165) is 45.4 Å². The van der Waals surface area contributed by atoms with Gasteiger partial charge in [-0.05, 0) is 32.8 Å². The first kappa shape index (κ1) is 12.2. The van der Waals surface area contributed by atoms with Gasteiger partial charge in [0.2, 0.25) is 0 Å². The van der Waals surface area contributed by atoms with Crippen molar-refractivity contribution in [2.45, 2.75) is 57.8 Å². The normalized spacial score (nSPS) is 23.9. The van der Waals surface area contributed by atoms with Crippen molar-refractivity contribution in [1.82, 2.24) is 9.78 Å². The van der Waals surface area contributed by atoms with E-state index in [1.165, 1.54) is 11.4 Å². The zero-order valence-corrected chi connectivity index (χ0v) is 11.3. The van der Waals surface area contributed by atoms with Crippen LogP contribution in [0.1, 0.15) is 49.9 Å². The van der Waals surface area contributed by atoms with Gasteiger partial charge in [0, 0.05) is 31.0 Å². The van der Waals surface area contributed by atoms with Gasteiger partial charge in [-0.1, -0.05) is 0 Å². The molecule has 0 bridgehead atoms. The Morgan fingerprint density at radius 1 is 1.33 bits per heavy atom. The van der Waals surface area contributed by atoms with Crippen molar-refractivity contribution in [3.8, 4) is 0 Å². The van der Waals surface area contributed by atoms with Crippen LogP contribution in [0.15, 0.2) is 6.07 Å². The van der Waals surface area contributed by atoms with E-state index in [4.69, 9.17) is 14.6 Å². The van der Waals surface area contributed by atoms with Crippen LogP contribution in [0.2, 0.25) is 0 Å². The molecule has 0 amide bonds. The lowest BCUT2D eigenvalue weighted by atomic mass is 9.83. The van der Waals surface area contributed by atoms with E-state index in [2.05, 4.69) is 24.6 Å². The summed E-state index contributed by atoms with van der Waals surface area (Å²) >= 11 is 0. The molecule has 0 unspecified atom stereocenters. The fourth-order valence-corrected chi connectivity index (χ4v) is 3.19. The number of ether oxygens (including phenoxy) is 2. The fourth-order valence-electron chi connectivity index (χ4n) is 3.19. The second-order valence-electron chi connectivity index (χ2n) is 5.41. The predicted octanol–water partition coefficient (Wildman–Crippen LogP) is 2.61. The minimum atomic E-state index is -0.251. The topological polar surface area (TPSA) is 36.3 Å². The van der Waals surface area contributed by atoms with Crippen molar-refractivity contribution < 1.29 is 9.47 Å². The number of hydrogen-bond acceptors (Lipinski definition) is 3. The van der Waals surface area contributed by atoms with Crippen LogP contribution in [0.4, 0.5) is 0 Å². The summed E-state index contributed by atoms with van der Waals surface area (Å²) in [7, 11) is 0. The number of hydrogen-bond donors (Lipinski definition) is 0. The molecule has 0 N–H and O–H groups in total. The Balaban J connectivity index is 1.68. The third kappa shape index (κ3) is 2.08. The van der Waals surface area contributed by atoms with E-state index >= 15 is 0 Å². The van der Waals surface area contributed by atoms with Gasteiger partial charge in [0.25, 0.3) is 0 Å². The van der Waals surface area contributed by atoms with Gasteiger partial charge in [-0.3, -0.25) is 4.68 Å². The Bertz CT molecular complexity index is 411. The summed E-state index contributed by atoms with van der Waals surface area (Å²) in [5.41, 5.74) is 2.52. The average molecular weight is 250 g/mol. The Labute approximate surface area is 108 Å². The number of aromatic nitrogens is 2. The van der Waals surface area contributed by atoms with Gasteiger partial charge in [0.1, 0.15) is 0 Å². The Morgan fingerprint density at radius 3 is 2.56 bits per heavy atom. The van der Waals surface area contributed by atoms with Crippen molar-refractivity contribution in [2.75, 3.05) is 13.2 Å². The van der Waals surface area contributed by atoms with Gasteiger partial charge < -0.3 is 9.47 Å². The second kappa shape index (κ2) is 4.67. The van der Waals surface area contributed by atoms with E-state index in [-0.39, 0.29) is 5.79 Å². The van der Waals surface area contributed by atoms with Crippen molar-refractivity contribution >= 4 is 0 Å². The van der Waals surface area contributed by atoms with Crippen LogP contribution >= 0.6 is 0 Å². The summed E-state index contributed by atoms with van der Waals surface area (Å²) in [6.45, 7) is 6.74. The lowest BCUT2D eigenvalue weighted by molar-refractivity contribution is -0.178. The molecule has 0 atom stereocenters. The monoisotopic (exact) mass is 250 g/mol. The maximum Gasteiger partial charge on any atom is 0.168 e. The molecule has 2 aliphatic rings. The smallest absolute Gasteiger partial charge is 0.168 e. The van der Waals surface area contributed by atoms with Crippen molar-refractivity contribution in [2.24, 2.45) is 0 Å².